The lowest BCUT2D eigenvalue weighted by Crippen LogP contribution is -2.44. The van der Waals surface area contributed by atoms with E-state index in [0.29, 0.717) is 28.8 Å². The van der Waals surface area contributed by atoms with Gasteiger partial charge in [-0.25, -0.2) is 4.98 Å². The summed E-state index contributed by atoms with van der Waals surface area (Å²) in [6.07, 6.45) is 1.76. The number of amides is 1. The zero-order valence-electron chi connectivity index (χ0n) is 13.4. The molecule has 0 radical (unpaired) electrons. The van der Waals surface area contributed by atoms with Gasteiger partial charge < -0.3 is 9.64 Å². The van der Waals surface area contributed by atoms with Gasteiger partial charge in [-0.05, 0) is 45.1 Å². The van der Waals surface area contributed by atoms with E-state index in [1.54, 1.807) is 6.92 Å². The first-order chi connectivity index (χ1) is 11.0. The summed E-state index contributed by atoms with van der Waals surface area (Å²) in [7, 11) is 0. The number of ether oxygens (including phenoxy) is 1. The summed E-state index contributed by atoms with van der Waals surface area (Å²) in [4.78, 5) is 23.5. The van der Waals surface area contributed by atoms with Gasteiger partial charge >= 0.3 is 0 Å². The Kier molecular flexibility index (Phi) is 4.51. The molecule has 3 rings (SSSR count). The zero-order chi connectivity index (χ0) is 16.4. The van der Waals surface area contributed by atoms with Crippen molar-refractivity contribution in [3.05, 3.63) is 28.2 Å². The third-order valence-electron chi connectivity index (χ3n) is 3.74. The summed E-state index contributed by atoms with van der Waals surface area (Å²) in [5.74, 6) is 1.25. The monoisotopic (exact) mass is 333 g/mol. The van der Waals surface area contributed by atoms with Crippen LogP contribution in [0.2, 0.25) is 0 Å². The molecule has 23 heavy (non-hydrogen) atoms. The van der Waals surface area contributed by atoms with Gasteiger partial charge in [0.05, 0.1) is 12.2 Å². The molecule has 2 aromatic heterocycles. The van der Waals surface area contributed by atoms with E-state index >= 15 is 0 Å². The number of carbonyl (C=O) groups is 1. The molecule has 0 N–H and O–H groups in total. The van der Waals surface area contributed by atoms with E-state index in [1.165, 1.54) is 0 Å². The lowest BCUT2D eigenvalue weighted by Gasteiger charge is -2.32. The smallest absolute Gasteiger partial charge is 0.267 e. The third-order valence-corrected chi connectivity index (χ3v) is 4.56. The van der Waals surface area contributed by atoms with Gasteiger partial charge in [0.25, 0.3) is 5.91 Å². The molecule has 1 unspecified atom stereocenters. The average molecular weight is 333 g/mol. The number of piperidine rings is 1. The molecule has 1 aliphatic rings. The van der Waals surface area contributed by atoms with E-state index in [-0.39, 0.29) is 12.0 Å². The molecule has 0 saturated carbocycles. The van der Waals surface area contributed by atoms with E-state index in [4.69, 9.17) is 4.74 Å². The highest BCUT2D eigenvalue weighted by Gasteiger charge is 2.28. The maximum absolute atomic E-state index is 12.6. The van der Waals surface area contributed by atoms with Crippen LogP contribution in [-0.4, -0.2) is 49.6 Å². The maximum Gasteiger partial charge on any atom is 0.267 e. The van der Waals surface area contributed by atoms with Crippen molar-refractivity contribution in [1.82, 2.24) is 24.5 Å². The van der Waals surface area contributed by atoms with Gasteiger partial charge in [-0.2, -0.15) is 4.98 Å². The summed E-state index contributed by atoms with van der Waals surface area (Å²) >= 11 is 1.15. The molecule has 1 aliphatic heterocycles. The van der Waals surface area contributed by atoms with Crippen molar-refractivity contribution in [2.45, 2.75) is 39.7 Å². The Hall–Kier alpha value is -2.09. The molecule has 7 nitrogen and oxygen atoms in total. The molecule has 3 heterocycles. The fraction of sp³-hybridized carbons (Fsp3) is 0.533. The summed E-state index contributed by atoms with van der Waals surface area (Å²) in [5.41, 5.74) is 1.56. The Morgan fingerprint density at radius 1 is 1.35 bits per heavy atom. The number of aromatic nitrogens is 4. The van der Waals surface area contributed by atoms with Crippen LogP contribution >= 0.6 is 11.5 Å². The molecule has 0 aliphatic carbocycles. The Labute approximate surface area is 138 Å². The number of nitrogens with zero attached hydrogens (tertiary/aromatic N) is 5. The van der Waals surface area contributed by atoms with Gasteiger partial charge in [0.1, 0.15) is 16.8 Å². The first-order valence-corrected chi connectivity index (χ1v) is 8.37. The van der Waals surface area contributed by atoms with E-state index in [1.807, 2.05) is 24.8 Å². The van der Waals surface area contributed by atoms with Crippen LogP contribution < -0.4 is 4.74 Å². The second kappa shape index (κ2) is 6.57. The molecule has 1 atom stereocenters. The van der Waals surface area contributed by atoms with Gasteiger partial charge in [-0.1, -0.05) is 4.49 Å². The first kappa shape index (κ1) is 15.8. The van der Waals surface area contributed by atoms with E-state index in [9.17, 15) is 4.79 Å². The van der Waals surface area contributed by atoms with Gasteiger partial charge in [-0.15, -0.1) is 5.10 Å². The van der Waals surface area contributed by atoms with E-state index < -0.39 is 0 Å². The molecular weight excluding hydrogens is 314 g/mol. The van der Waals surface area contributed by atoms with Crippen LogP contribution in [0.3, 0.4) is 0 Å². The molecule has 0 bridgehead atoms. The van der Waals surface area contributed by atoms with Crippen LogP contribution in [0.15, 0.2) is 6.07 Å². The first-order valence-electron chi connectivity index (χ1n) is 7.60. The molecule has 1 amide bonds. The predicted molar refractivity (Wildman–Crippen MR) is 85.7 cm³/mol. The maximum atomic E-state index is 12.6. The number of rotatable bonds is 3. The Morgan fingerprint density at radius 2 is 2.17 bits per heavy atom. The molecule has 1 saturated heterocycles. The Balaban J connectivity index is 1.68. The normalized spacial score (nSPS) is 18.0. The fourth-order valence-electron chi connectivity index (χ4n) is 2.70. The third kappa shape index (κ3) is 3.64. The molecule has 122 valence electrons. The fourth-order valence-corrected chi connectivity index (χ4v) is 3.33. The highest BCUT2D eigenvalue weighted by Crippen LogP contribution is 2.20. The largest absolute Gasteiger partial charge is 0.472 e. The van der Waals surface area contributed by atoms with Crippen LogP contribution in [-0.2, 0) is 0 Å². The van der Waals surface area contributed by atoms with Crippen LogP contribution in [0, 0.1) is 20.8 Å². The molecule has 0 aromatic carbocycles. The summed E-state index contributed by atoms with van der Waals surface area (Å²) in [5, 5.41) is 3.91. The molecule has 0 spiro atoms. The van der Waals surface area contributed by atoms with Crippen LogP contribution in [0.1, 0.15) is 39.7 Å². The van der Waals surface area contributed by atoms with Gasteiger partial charge in [-0.3, -0.25) is 4.79 Å². The number of carbonyl (C=O) groups excluding carboxylic acids is 1. The molecule has 8 heteroatoms. The van der Waals surface area contributed by atoms with Crippen LogP contribution in [0.5, 0.6) is 5.88 Å². The predicted octanol–water partition coefficient (Wildman–Crippen LogP) is 1.94. The van der Waals surface area contributed by atoms with Crippen molar-refractivity contribution in [2.75, 3.05) is 13.1 Å². The summed E-state index contributed by atoms with van der Waals surface area (Å²) in [6, 6.07) is 1.82. The average Bonchev–Trinajstić information content (AvgIpc) is 2.92. The minimum absolute atomic E-state index is 0.0131. The van der Waals surface area contributed by atoms with E-state index in [0.717, 1.165) is 36.6 Å². The van der Waals surface area contributed by atoms with Crippen molar-refractivity contribution >= 4 is 17.4 Å². The van der Waals surface area contributed by atoms with Crippen molar-refractivity contribution in [3.8, 4) is 5.88 Å². The lowest BCUT2D eigenvalue weighted by molar-refractivity contribution is 0.0530. The Bertz CT molecular complexity index is 697. The quantitative estimate of drug-likeness (QED) is 0.854. The van der Waals surface area contributed by atoms with Crippen molar-refractivity contribution < 1.29 is 9.53 Å². The second-order valence-electron chi connectivity index (χ2n) is 5.72. The van der Waals surface area contributed by atoms with Crippen molar-refractivity contribution in [3.63, 3.8) is 0 Å². The minimum Gasteiger partial charge on any atom is -0.472 e. The van der Waals surface area contributed by atoms with Gasteiger partial charge in [0.15, 0.2) is 0 Å². The second-order valence-corrected chi connectivity index (χ2v) is 6.47. The molecule has 1 fully saturated rings. The Morgan fingerprint density at radius 3 is 2.87 bits per heavy atom. The van der Waals surface area contributed by atoms with Gasteiger partial charge in [0.2, 0.25) is 5.88 Å². The number of hydrogen-bond acceptors (Lipinski definition) is 7. The highest BCUT2D eigenvalue weighted by atomic mass is 32.1. The van der Waals surface area contributed by atoms with Gasteiger partial charge in [0, 0.05) is 18.3 Å². The SMILES string of the molecule is Cc1cc(OC2CCCN(C(=O)c3snnc3C)C2)nc(C)n1. The molecule has 2 aromatic rings. The van der Waals surface area contributed by atoms with Crippen molar-refractivity contribution in [2.24, 2.45) is 0 Å². The number of hydrogen-bond donors (Lipinski definition) is 0. The van der Waals surface area contributed by atoms with Crippen molar-refractivity contribution in [1.29, 1.82) is 0 Å². The topological polar surface area (TPSA) is 81.1 Å². The molecular formula is C15H19N5O2S. The zero-order valence-corrected chi connectivity index (χ0v) is 14.3. The minimum atomic E-state index is -0.0532. The highest BCUT2D eigenvalue weighted by molar-refractivity contribution is 7.07. The standard InChI is InChI=1S/C15H19N5O2S/c1-9-7-13(17-11(3)16-9)22-12-5-4-6-20(8-12)15(21)14-10(2)18-19-23-14/h7,12H,4-6,8H2,1-3H3. The number of likely N-dealkylation sites (tertiary alicyclic amines) is 1. The summed E-state index contributed by atoms with van der Waals surface area (Å²) in [6.45, 7) is 6.85. The van der Waals surface area contributed by atoms with Crippen LogP contribution in [0.25, 0.3) is 0 Å². The van der Waals surface area contributed by atoms with E-state index in [2.05, 4.69) is 19.6 Å². The lowest BCUT2D eigenvalue weighted by atomic mass is 10.1. The van der Waals surface area contributed by atoms with Crippen LogP contribution in [0.4, 0.5) is 0 Å². The summed E-state index contributed by atoms with van der Waals surface area (Å²) < 4.78 is 9.81. The number of aryl methyl sites for hydroxylation is 3.